The van der Waals surface area contributed by atoms with E-state index in [2.05, 4.69) is 30.7 Å². The molecule has 1 aromatic rings. The molecule has 0 amide bonds. The first kappa shape index (κ1) is 8.76. The molecule has 1 heteroatoms. The van der Waals surface area contributed by atoms with Gasteiger partial charge in [-0.1, -0.05) is 30.3 Å². The van der Waals surface area contributed by atoms with Crippen LogP contribution in [0, 0.1) is 12.3 Å². The highest BCUT2D eigenvalue weighted by Gasteiger charge is 2.17. The van der Waals surface area contributed by atoms with Crippen LogP contribution in [-0.4, -0.2) is 6.61 Å². The summed E-state index contributed by atoms with van der Waals surface area (Å²) in [7, 11) is 0. The molecule has 2 rings (SSSR count). The summed E-state index contributed by atoms with van der Waals surface area (Å²) in [6.07, 6.45) is 4.81. The Balaban J connectivity index is 1.67. The van der Waals surface area contributed by atoms with Crippen LogP contribution in [0.4, 0.5) is 0 Å². The average Bonchev–Trinajstić information content (AvgIpc) is 2.11. The highest BCUT2D eigenvalue weighted by Crippen LogP contribution is 2.25. The molecule has 13 heavy (non-hydrogen) atoms. The molecule has 0 saturated heterocycles. The molecule has 0 aliphatic heterocycles. The van der Waals surface area contributed by atoms with Gasteiger partial charge < -0.3 is 4.74 Å². The minimum atomic E-state index is 0.761. The molecule has 1 radical (unpaired) electrons. The zero-order chi connectivity index (χ0) is 8.93. The predicted octanol–water partition coefficient (Wildman–Crippen LogP) is 2.82. The van der Waals surface area contributed by atoms with Gasteiger partial charge in [0, 0.05) is 6.61 Å². The maximum Gasteiger partial charge on any atom is 0.0717 e. The third-order valence-electron chi connectivity index (χ3n) is 2.47. The lowest BCUT2D eigenvalue weighted by Gasteiger charge is -2.24. The van der Waals surface area contributed by atoms with E-state index >= 15 is 0 Å². The largest absolute Gasteiger partial charge is 0.376 e. The smallest absolute Gasteiger partial charge is 0.0717 e. The highest BCUT2D eigenvalue weighted by atomic mass is 16.5. The van der Waals surface area contributed by atoms with Crippen LogP contribution in [0.5, 0.6) is 0 Å². The Kier molecular flexibility index (Phi) is 2.98. The lowest BCUT2D eigenvalue weighted by atomic mass is 9.86. The summed E-state index contributed by atoms with van der Waals surface area (Å²) >= 11 is 0. The van der Waals surface area contributed by atoms with Crippen molar-refractivity contribution in [3.63, 3.8) is 0 Å². The molecule has 0 bridgehead atoms. The Labute approximate surface area is 79.7 Å². The Bertz CT molecular complexity index is 239. The zero-order valence-electron chi connectivity index (χ0n) is 7.78. The molecule has 1 aromatic carbocycles. The van der Waals surface area contributed by atoms with Gasteiger partial charge >= 0.3 is 0 Å². The van der Waals surface area contributed by atoms with E-state index < -0.39 is 0 Å². The minimum Gasteiger partial charge on any atom is -0.376 e. The van der Waals surface area contributed by atoms with Crippen LogP contribution in [0.2, 0.25) is 0 Å². The number of hydrogen-bond donors (Lipinski definition) is 0. The summed E-state index contributed by atoms with van der Waals surface area (Å²) < 4.78 is 5.60. The first-order chi connectivity index (χ1) is 6.45. The first-order valence-electron chi connectivity index (χ1n) is 4.88. The van der Waals surface area contributed by atoms with E-state index in [0.717, 1.165) is 19.1 Å². The topological polar surface area (TPSA) is 9.23 Å². The van der Waals surface area contributed by atoms with Crippen molar-refractivity contribution in [2.75, 3.05) is 6.61 Å². The second kappa shape index (κ2) is 4.43. The average molecular weight is 175 g/mol. The van der Waals surface area contributed by atoms with Gasteiger partial charge in [0.25, 0.3) is 0 Å². The van der Waals surface area contributed by atoms with Crippen LogP contribution >= 0.6 is 0 Å². The van der Waals surface area contributed by atoms with Gasteiger partial charge in [-0.3, -0.25) is 0 Å². The molecule has 69 valence electrons. The van der Waals surface area contributed by atoms with E-state index in [4.69, 9.17) is 4.74 Å². The van der Waals surface area contributed by atoms with Crippen LogP contribution < -0.4 is 0 Å². The van der Waals surface area contributed by atoms with E-state index in [1.165, 1.54) is 18.4 Å². The molecule has 1 saturated carbocycles. The molecule has 1 aliphatic rings. The molecule has 1 fully saturated rings. The quantitative estimate of drug-likeness (QED) is 0.683. The summed E-state index contributed by atoms with van der Waals surface area (Å²) in [4.78, 5) is 0. The number of benzene rings is 1. The van der Waals surface area contributed by atoms with E-state index in [1.807, 2.05) is 6.07 Å². The Hall–Kier alpha value is -0.820. The maximum atomic E-state index is 5.60. The van der Waals surface area contributed by atoms with Crippen molar-refractivity contribution in [1.29, 1.82) is 0 Å². The summed E-state index contributed by atoms with van der Waals surface area (Å²) in [6.45, 7) is 1.68. The maximum absolute atomic E-state index is 5.60. The molecule has 0 N–H and O–H groups in total. The highest BCUT2D eigenvalue weighted by molar-refractivity contribution is 5.13. The molecular formula is C12H15O. The van der Waals surface area contributed by atoms with Crippen LogP contribution in [0.25, 0.3) is 0 Å². The van der Waals surface area contributed by atoms with Crippen LogP contribution in [0.1, 0.15) is 18.4 Å². The van der Waals surface area contributed by atoms with E-state index in [0.29, 0.717) is 0 Å². The second-order valence-corrected chi connectivity index (χ2v) is 3.63. The van der Waals surface area contributed by atoms with Crippen molar-refractivity contribution < 1.29 is 4.74 Å². The fraction of sp³-hybridized carbons (Fsp3) is 0.417. The number of ether oxygens (including phenoxy) is 1. The fourth-order valence-electron chi connectivity index (χ4n) is 1.46. The molecular weight excluding hydrogens is 160 g/mol. The van der Waals surface area contributed by atoms with Gasteiger partial charge in [0.05, 0.1) is 6.61 Å². The third-order valence-corrected chi connectivity index (χ3v) is 2.47. The van der Waals surface area contributed by atoms with Gasteiger partial charge in [0.2, 0.25) is 0 Å². The van der Waals surface area contributed by atoms with Crippen molar-refractivity contribution in [1.82, 2.24) is 0 Å². The van der Waals surface area contributed by atoms with Crippen molar-refractivity contribution in [2.24, 2.45) is 5.92 Å². The van der Waals surface area contributed by atoms with Crippen molar-refractivity contribution in [3.05, 3.63) is 42.3 Å². The lowest BCUT2D eigenvalue weighted by molar-refractivity contribution is 0.0734. The molecule has 0 aromatic heterocycles. The third kappa shape index (κ3) is 2.56. The summed E-state index contributed by atoms with van der Waals surface area (Å²) in [5, 5.41) is 0. The Morgan fingerprint density at radius 2 is 1.92 bits per heavy atom. The summed E-state index contributed by atoms with van der Waals surface area (Å²) in [6, 6.07) is 10.3. The normalized spacial score (nSPS) is 16.9. The first-order valence-corrected chi connectivity index (χ1v) is 4.88. The number of rotatable bonds is 4. The second-order valence-electron chi connectivity index (χ2n) is 3.63. The standard InChI is InChI=1S/C12H15O/c1-2-5-11(6-3-1)9-13-10-12-7-4-8-12/h1-6,12H,7-10H2. The Morgan fingerprint density at radius 3 is 2.54 bits per heavy atom. The number of hydrogen-bond acceptors (Lipinski definition) is 1. The van der Waals surface area contributed by atoms with Gasteiger partial charge in [-0.2, -0.15) is 0 Å². The summed E-state index contributed by atoms with van der Waals surface area (Å²) in [5.41, 5.74) is 1.27. The zero-order valence-corrected chi connectivity index (χ0v) is 7.78. The van der Waals surface area contributed by atoms with Gasteiger partial charge in [0.1, 0.15) is 0 Å². The summed E-state index contributed by atoms with van der Waals surface area (Å²) in [5.74, 6) is 0.795. The molecule has 0 heterocycles. The molecule has 0 atom stereocenters. The molecule has 0 unspecified atom stereocenters. The van der Waals surface area contributed by atoms with Gasteiger partial charge in [0.15, 0.2) is 0 Å². The lowest BCUT2D eigenvalue weighted by Crippen LogP contribution is -2.17. The van der Waals surface area contributed by atoms with Gasteiger partial charge in [-0.25, -0.2) is 0 Å². The molecule has 1 aliphatic carbocycles. The van der Waals surface area contributed by atoms with Crippen LogP contribution in [-0.2, 0) is 11.3 Å². The van der Waals surface area contributed by atoms with E-state index in [9.17, 15) is 0 Å². The predicted molar refractivity (Wildman–Crippen MR) is 53.1 cm³/mol. The Morgan fingerprint density at radius 1 is 1.15 bits per heavy atom. The van der Waals surface area contributed by atoms with Crippen LogP contribution in [0.15, 0.2) is 30.3 Å². The van der Waals surface area contributed by atoms with Crippen molar-refractivity contribution in [2.45, 2.75) is 19.4 Å². The van der Waals surface area contributed by atoms with E-state index in [-0.39, 0.29) is 0 Å². The minimum absolute atomic E-state index is 0.761. The van der Waals surface area contributed by atoms with Crippen LogP contribution in [0.3, 0.4) is 0 Å². The van der Waals surface area contributed by atoms with Gasteiger partial charge in [-0.15, -0.1) is 0 Å². The fourth-order valence-corrected chi connectivity index (χ4v) is 1.46. The van der Waals surface area contributed by atoms with E-state index in [1.54, 1.807) is 0 Å². The SMILES string of the molecule is [CH]1CC(COCc2ccccc2)C1. The molecule has 0 spiro atoms. The molecule has 1 nitrogen and oxygen atoms in total. The van der Waals surface area contributed by atoms with Crippen molar-refractivity contribution >= 4 is 0 Å². The van der Waals surface area contributed by atoms with Crippen molar-refractivity contribution in [3.8, 4) is 0 Å². The monoisotopic (exact) mass is 175 g/mol. The van der Waals surface area contributed by atoms with Gasteiger partial charge in [-0.05, 0) is 30.7 Å².